The Kier molecular flexibility index (Phi) is 4.26. The van der Waals surface area contributed by atoms with Crippen LogP contribution in [0.4, 0.5) is 4.79 Å². The molecule has 0 radical (unpaired) electrons. The molecule has 0 atom stereocenters. The molecule has 2 fully saturated rings. The van der Waals surface area contributed by atoms with E-state index in [9.17, 15) is 9.59 Å². The molecule has 0 aromatic heterocycles. The van der Waals surface area contributed by atoms with Crippen LogP contribution < -0.4 is 5.32 Å². The summed E-state index contributed by atoms with van der Waals surface area (Å²) in [4.78, 5) is 26.6. The Balaban J connectivity index is 1.71. The summed E-state index contributed by atoms with van der Waals surface area (Å²) in [6.07, 6.45) is -0.337. The molecule has 2 aliphatic rings. The molecule has 108 valence electrons. The average molecular weight is 271 g/mol. The van der Waals surface area contributed by atoms with Gasteiger partial charge in [-0.1, -0.05) is 0 Å². The first-order chi connectivity index (χ1) is 9.04. The zero-order valence-corrected chi connectivity index (χ0v) is 11.5. The van der Waals surface area contributed by atoms with E-state index in [2.05, 4.69) is 10.1 Å². The number of carbonyl (C=O) groups excluding carboxylic acids is 2. The summed E-state index contributed by atoms with van der Waals surface area (Å²) < 4.78 is 10.3. The summed E-state index contributed by atoms with van der Waals surface area (Å²) in [5.41, 5.74) is -0.205. The second-order valence-electron chi connectivity index (χ2n) is 5.18. The van der Waals surface area contributed by atoms with Crippen LogP contribution in [0.5, 0.6) is 0 Å². The van der Waals surface area contributed by atoms with Gasteiger partial charge in [0.2, 0.25) is 5.91 Å². The third kappa shape index (κ3) is 3.36. The summed E-state index contributed by atoms with van der Waals surface area (Å²) >= 11 is 0. The fourth-order valence-corrected chi connectivity index (χ4v) is 2.17. The minimum absolute atomic E-state index is 0.0161. The number of carbonyl (C=O) groups is 2. The maximum Gasteiger partial charge on any atom is 0.409 e. The molecule has 7 nitrogen and oxygen atoms in total. The maximum atomic E-state index is 12.0. The number of amides is 2. The normalized spacial score (nSPS) is 21.8. The van der Waals surface area contributed by atoms with E-state index < -0.39 is 0 Å². The van der Waals surface area contributed by atoms with Crippen LogP contribution in [-0.2, 0) is 14.3 Å². The Hall–Kier alpha value is -1.34. The third-order valence-corrected chi connectivity index (χ3v) is 3.61. The molecular weight excluding hydrogens is 250 g/mol. The van der Waals surface area contributed by atoms with Gasteiger partial charge < -0.3 is 24.6 Å². The number of hydrogen-bond donors (Lipinski definition) is 1. The van der Waals surface area contributed by atoms with Crippen LogP contribution in [0.25, 0.3) is 0 Å². The summed E-state index contributed by atoms with van der Waals surface area (Å²) in [5.74, 6) is -0.0161. The number of rotatable bonds is 3. The summed E-state index contributed by atoms with van der Waals surface area (Å²) in [7, 11) is 1.36. The fourth-order valence-electron chi connectivity index (χ4n) is 2.17. The van der Waals surface area contributed by atoms with Crippen LogP contribution in [0.2, 0.25) is 0 Å². The van der Waals surface area contributed by atoms with E-state index in [1.54, 1.807) is 9.80 Å². The van der Waals surface area contributed by atoms with Crippen molar-refractivity contribution in [2.24, 2.45) is 0 Å². The van der Waals surface area contributed by atoms with Crippen molar-refractivity contribution < 1.29 is 19.1 Å². The zero-order valence-electron chi connectivity index (χ0n) is 11.5. The zero-order chi connectivity index (χ0) is 13.9. The molecule has 1 N–H and O–H groups in total. The first kappa shape index (κ1) is 14.1. The van der Waals surface area contributed by atoms with Gasteiger partial charge in [0.15, 0.2) is 0 Å². The minimum atomic E-state index is -0.337. The van der Waals surface area contributed by atoms with Gasteiger partial charge in [-0.3, -0.25) is 4.79 Å². The van der Waals surface area contributed by atoms with Gasteiger partial charge in [0, 0.05) is 39.3 Å². The molecule has 0 spiro atoms. The molecule has 0 aliphatic carbocycles. The van der Waals surface area contributed by atoms with E-state index in [0.29, 0.717) is 26.2 Å². The third-order valence-electron chi connectivity index (χ3n) is 3.61. The minimum Gasteiger partial charge on any atom is -0.453 e. The predicted octanol–water partition coefficient (Wildman–Crippen LogP) is -0.724. The van der Waals surface area contributed by atoms with E-state index in [1.807, 2.05) is 6.92 Å². The highest BCUT2D eigenvalue weighted by atomic mass is 16.5. The molecule has 2 aliphatic heterocycles. The van der Waals surface area contributed by atoms with Crippen LogP contribution in [0, 0.1) is 0 Å². The van der Waals surface area contributed by atoms with Crippen molar-refractivity contribution >= 4 is 12.0 Å². The van der Waals surface area contributed by atoms with E-state index in [-0.39, 0.29) is 24.2 Å². The SMILES string of the molecule is COC(=O)N1CCN(C(=O)COC2(C)CNC2)CC1. The fraction of sp³-hybridized carbons (Fsp3) is 0.833. The smallest absolute Gasteiger partial charge is 0.409 e. The van der Waals surface area contributed by atoms with Gasteiger partial charge >= 0.3 is 6.09 Å². The number of ether oxygens (including phenoxy) is 2. The van der Waals surface area contributed by atoms with E-state index in [1.165, 1.54) is 7.11 Å². The first-order valence-electron chi connectivity index (χ1n) is 6.49. The molecule has 0 aromatic carbocycles. The van der Waals surface area contributed by atoms with E-state index >= 15 is 0 Å². The Morgan fingerprint density at radius 2 is 1.74 bits per heavy atom. The molecule has 2 rings (SSSR count). The molecule has 19 heavy (non-hydrogen) atoms. The Bertz CT molecular complexity index is 349. The van der Waals surface area contributed by atoms with Crippen molar-refractivity contribution in [2.45, 2.75) is 12.5 Å². The molecule has 2 heterocycles. The van der Waals surface area contributed by atoms with Gasteiger partial charge in [-0.05, 0) is 6.92 Å². The van der Waals surface area contributed by atoms with Gasteiger partial charge in [0.1, 0.15) is 6.61 Å². The Morgan fingerprint density at radius 3 is 2.21 bits per heavy atom. The molecular formula is C12H21N3O4. The standard InChI is InChI=1S/C12H21N3O4/c1-12(8-13-9-12)19-7-10(16)14-3-5-15(6-4-14)11(17)18-2/h13H,3-9H2,1-2H3. The van der Waals surface area contributed by atoms with Crippen molar-refractivity contribution in [3.63, 3.8) is 0 Å². The van der Waals surface area contributed by atoms with E-state index in [4.69, 9.17) is 4.74 Å². The number of nitrogens with zero attached hydrogens (tertiary/aromatic N) is 2. The van der Waals surface area contributed by atoms with Crippen LogP contribution in [-0.4, -0.2) is 80.4 Å². The van der Waals surface area contributed by atoms with Crippen molar-refractivity contribution in [2.75, 3.05) is 53.0 Å². The second kappa shape index (κ2) is 5.75. The monoisotopic (exact) mass is 271 g/mol. The number of nitrogens with one attached hydrogen (secondary N) is 1. The summed E-state index contributed by atoms with van der Waals surface area (Å²) in [5, 5.41) is 3.12. The Morgan fingerprint density at radius 1 is 1.16 bits per heavy atom. The van der Waals surface area contributed by atoms with Gasteiger partial charge in [-0.25, -0.2) is 4.79 Å². The lowest BCUT2D eigenvalue weighted by molar-refractivity contribution is -0.147. The number of methoxy groups -OCH3 is 1. The van der Waals surface area contributed by atoms with Gasteiger partial charge in [-0.2, -0.15) is 0 Å². The number of hydrogen-bond acceptors (Lipinski definition) is 5. The molecule has 0 bridgehead atoms. The largest absolute Gasteiger partial charge is 0.453 e. The molecule has 0 saturated carbocycles. The molecule has 0 unspecified atom stereocenters. The highest BCUT2D eigenvalue weighted by Gasteiger charge is 2.34. The first-order valence-corrected chi connectivity index (χ1v) is 6.49. The van der Waals surface area contributed by atoms with Crippen molar-refractivity contribution in [3.8, 4) is 0 Å². The molecule has 0 aromatic rings. The average Bonchev–Trinajstić information content (AvgIpc) is 2.42. The topological polar surface area (TPSA) is 71.1 Å². The van der Waals surface area contributed by atoms with E-state index in [0.717, 1.165) is 13.1 Å². The Labute approximate surface area is 112 Å². The quantitative estimate of drug-likeness (QED) is 0.733. The van der Waals surface area contributed by atoms with Crippen LogP contribution in [0.15, 0.2) is 0 Å². The van der Waals surface area contributed by atoms with Gasteiger partial charge in [0.25, 0.3) is 0 Å². The van der Waals surface area contributed by atoms with Gasteiger partial charge in [-0.15, -0.1) is 0 Å². The second-order valence-corrected chi connectivity index (χ2v) is 5.18. The van der Waals surface area contributed by atoms with Gasteiger partial charge in [0.05, 0.1) is 12.7 Å². The van der Waals surface area contributed by atoms with Crippen LogP contribution >= 0.6 is 0 Å². The summed E-state index contributed by atoms with van der Waals surface area (Å²) in [6, 6.07) is 0. The highest BCUT2D eigenvalue weighted by molar-refractivity contribution is 5.78. The lowest BCUT2D eigenvalue weighted by Gasteiger charge is -2.40. The lowest BCUT2D eigenvalue weighted by atomic mass is 10.0. The van der Waals surface area contributed by atoms with Crippen LogP contribution in [0.1, 0.15) is 6.92 Å². The van der Waals surface area contributed by atoms with Crippen molar-refractivity contribution in [1.29, 1.82) is 0 Å². The predicted molar refractivity (Wildman–Crippen MR) is 67.8 cm³/mol. The van der Waals surface area contributed by atoms with Crippen molar-refractivity contribution in [1.82, 2.24) is 15.1 Å². The number of piperazine rings is 1. The maximum absolute atomic E-state index is 12.0. The summed E-state index contributed by atoms with van der Waals surface area (Å²) in [6.45, 7) is 5.77. The van der Waals surface area contributed by atoms with Crippen molar-refractivity contribution in [3.05, 3.63) is 0 Å². The van der Waals surface area contributed by atoms with Crippen LogP contribution in [0.3, 0.4) is 0 Å². The molecule has 7 heteroatoms. The molecule has 2 amide bonds. The lowest BCUT2D eigenvalue weighted by Crippen LogP contribution is -2.60. The highest BCUT2D eigenvalue weighted by Crippen LogP contribution is 2.15. The molecule has 2 saturated heterocycles.